The molecule has 5 nitrogen and oxygen atoms in total. The van der Waals surface area contributed by atoms with Crippen molar-refractivity contribution in [1.29, 1.82) is 0 Å². The predicted molar refractivity (Wildman–Crippen MR) is 69.0 cm³/mol. The van der Waals surface area contributed by atoms with Crippen LogP contribution in [0.2, 0.25) is 0 Å². The molecular weight excluding hydrogens is 276 g/mol. The highest BCUT2D eigenvalue weighted by atomic mass is 32.2. The van der Waals surface area contributed by atoms with Gasteiger partial charge in [-0.15, -0.1) is 0 Å². The second-order valence-electron chi connectivity index (χ2n) is 3.44. The Morgan fingerprint density at radius 1 is 1.32 bits per heavy atom. The van der Waals surface area contributed by atoms with E-state index in [1.807, 2.05) is 0 Å². The van der Waals surface area contributed by atoms with Crippen LogP contribution in [0, 0.1) is 0 Å². The molecule has 8 heteroatoms. The summed E-state index contributed by atoms with van der Waals surface area (Å²) in [6.07, 6.45) is 0. The van der Waals surface area contributed by atoms with Gasteiger partial charge in [0.2, 0.25) is 11.8 Å². The number of nitrogens with two attached hydrogens (primary N) is 1. The lowest BCUT2D eigenvalue weighted by Gasteiger charge is -2.07. The van der Waals surface area contributed by atoms with Gasteiger partial charge in [0.15, 0.2) is 0 Å². The van der Waals surface area contributed by atoms with Crippen LogP contribution < -0.4 is 16.4 Å². The Bertz CT molecular complexity index is 457. The maximum atomic E-state index is 12.2. The normalized spacial score (nSPS) is 10.3. The number of carbonyl (C=O) groups excluding carboxylic acids is 2. The molecule has 0 unspecified atom stereocenters. The maximum absolute atomic E-state index is 12.2. The first-order chi connectivity index (χ1) is 9.01. The minimum absolute atomic E-state index is 0.201. The summed E-state index contributed by atoms with van der Waals surface area (Å²) in [6.45, 7) is -0.421. The summed E-state index contributed by atoms with van der Waals surface area (Å²) in [5.41, 5.74) is 5.45. The molecule has 0 atom stereocenters. The summed E-state index contributed by atoms with van der Waals surface area (Å²) < 4.78 is 24.4. The molecule has 0 saturated heterocycles. The molecule has 0 spiro atoms. The fourth-order valence-corrected chi connectivity index (χ4v) is 1.76. The molecule has 0 aliphatic carbocycles. The van der Waals surface area contributed by atoms with Gasteiger partial charge in [0.25, 0.3) is 5.76 Å². The molecule has 4 N–H and O–H groups in total. The smallest absolute Gasteiger partial charge is 0.288 e. The zero-order chi connectivity index (χ0) is 14.3. The second-order valence-corrected chi connectivity index (χ2v) is 4.50. The van der Waals surface area contributed by atoms with Gasteiger partial charge >= 0.3 is 0 Å². The largest absolute Gasteiger partial charge is 0.346 e. The summed E-state index contributed by atoms with van der Waals surface area (Å²) >= 11 is 0.391. The van der Waals surface area contributed by atoms with Gasteiger partial charge < -0.3 is 16.4 Å². The molecule has 0 aromatic heterocycles. The van der Waals surface area contributed by atoms with Gasteiger partial charge in [0.1, 0.15) is 0 Å². The van der Waals surface area contributed by atoms with E-state index in [9.17, 15) is 18.4 Å². The zero-order valence-electron chi connectivity index (χ0n) is 9.86. The molecule has 1 rings (SSSR count). The average molecular weight is 289 g/mol. The predicted octanol–water partition coefficient (Wildman–Crippen LogP) is 1.01. The number of hydrogen-bond donors (Lipinski definition) is 3. The third-order valence-electron chi connectivity index (χ3n) is 1.97. The number of hydrogen-bond acceptors (Lipinski definition) is 4. The molecule has 0 fully saturated rings. The number of nitrogens with one attached hydrogen (secondary N) is 2. The Morgan fingerprint density at radius 3 is 2.68 bits per heavy atom. The molecular formula is C11H13F2N3O2S. The maximum Gasteiger partial charge on any atom is 0.288 e. The van der Waals surface area contributed by atoms with Crippen molar-refractivity contribution in [1.82, 2.24) is 5.32 Å². The number of rotatable bonds is 6. The molecule has 0 bridgehead atoms. The minimum Gasteiger partial charge on any atom is -0.346 e. The van der Waals surface area contributed by atoms with Crippen molar-refractivity contribution in [3.05, 3.63) is 24.3 Å². The molecule has 1 aromatic rings. The topological polar surface area (TPSA) is 84.2 Å². The monoisotopic (exact) mass is 289 g/mol. The van der Waals surface area contributed by atoms with Crippen LogP contribution in [0.3, 0.4) is 0 Å². The summed E-state index contributed by atoms with van der Waals surface area (Å²) in [4.78, 5) is 22.6. The van der Waals surface area contributed by atoms with Gasteiger partial charge in [-0.3, -0.25) is 9.59 Å². The highest BCUT2D eigenvalue weighted by molar-refractivity contribution is 7.99. The lowest BCUT2D eigenvalue weighted by molar-refractivity contribution is -0.123. The number of halogens is 2. The van der Waals surface area contributed by atoms with Crippen LogP contribution in [0.5, 0.6) is 0 Å². The van der Waals surface area contributed by atoms with Gasteiger partial charge in [0, 0.05) is 10.6 Å². The van der Waals surface area contributed by atoms with E-state index in [2.05, 4.69) is 10.6 Å². The van der Waals surface area contributed by atoms with Gasteiger partial charge in [0.05, 0.1) is 13.1 Å². The number of carbonyl (C=O) groups is 2. The summed E-state index contributed by atoms with van der Waals surface area (Å²) in [7, 11) is 0. The molecule has 0 saturated carbocycles. The van der Waals surface area contributed by atoms with Crippen LogP contribution >= 0.6 is 11.8 Å². The van der Waals surface area contributed by atoms with Crippen LogP contribution in [0.4, 0.5) is 14.5 Å². The van der Waals surface area contributed by atoms with E-state index in [1.165, 1.54) is 12.1 Å². The molecule has 0 aliphatic rings. The van der Waals surface area contributed by atoms with Gasteiger partial charge in [-0.25, -0.2) is 0 Å². The molecule has 19 heavy (non-hydrogen) atoms. The first-order valence-electron chi connectivity index (χ1n) is 5.32. The van der Waals surface area contributed by atoms with Crippen LogP contribution in [-0.2, 0) is 9.59 Å². The summed E-state index contributed by atoms with van der Waals surface area (Å²) in [5.74, 6) is -3.42. The van der Waals surface area contributed by atoms with Crippen LogP contribution in [0.15, 0.2) is 29.2 Å². The third kappa shape index (κ3) is 6.16. The lowest BCUT2D eigenvalue weighted by atomic mass is 10.3. The van der Waals surface area contributed by atoms with E-state index in [4.69, 9.17) is 5.73 Å². The fraction of sp³-hybridized carbons (Fsp3) is 0.273. The number of benzene rings is 1. The SMILES string of the molecule is NCC(=O)NCC(=O)Nc1cccc(SC(F)F)c1. The number of thioether (sulfide) groups is 1. The molecule has 104 valence electrons. The Balaban J connectivity index is 2.52. The van der Waals surface area contributed by atoms with Crippen molar-refractivity contribution in [3.8, 4) is 0 Å². The fourth-order valence-electron chi connectivity index (χ4n) is 1.21. The van der Waals surface area contributed by atoms with Crippen LogP contribution in [0.25, 0.3) is 0 Å². The number of anilines is 1. The van der Waals surface area contributed by atoms with E-state index in [1.54, 1.807) is 12.1 Å². The van der Waals surface area contributed by atoms with Gasteiger partial charge in [-0.05, 0) is 18.2 Å². The van der Waals surface area contributed by atoms with E-state index >= 15 is 0 Å². The number of amides is 2. The second kappa shape index (κ2) is 7.70. The van der Waals surface area contributed by atoms with E-state index in [-0.39, 0.29) is 13.1 Å². The first kappa shape index (κ1) is 15.4. The number of alkyl halides is 2. The van der Waals surface area contributed by atoms with Gasteiger partial charge in [-0.1, -0.05) is 17.8 Å². The van der Waals surface area contributed by atoms with Crippen molar-refractivity contribution < 1.29 is 18.4 Å². The van der Waals surface area contributed by atoms with Crippen LogP contribution in [0.1, 0.15) is 0 Å². The zero-order valence-corrected chi connectivity index (χ0v) is 10.7. The third-order valence-corrected chi connectivity index (χ3v) is 2.68. The molecule has 0 aliphatic heterocycles. The quantitative estimate of drug-likeness (QED) is 0.683. The molecule has 1 aromatic carbocycles. The Hall–Kier alpha value is -1.67. The van der Waals surface area contributed by atoms with E-state index in [0.717, 1.165) is 0 Å². The summed E-state index contributed by atoms with van der Waals surface area (Å²) in [6, 6.07) is 6.07. The average Bonchev–Trinajstić information content (AvgIpc) is 2.35. The van der Waals surface area contributed by atoms with Gasteiger partial charge in [-0.2, -0.15) is 8.78 Å². The Kier molecular flexibility index (Phi) is 6.23. The Labute approximate surface area is 112 Å². The standard InChI is InChI=1S/C11H13F2N3O2S/c12-11(13)19-8-3-1-2-7(4-8)16-10(18)6-15-9(17)5-14/h1-4,11H,5-6,14H2,(H,15,17)(H,16,18). The van der Waals surface area contributed by atoms with Crippen LogP contribution in [-0.4, -0.2) is 30.7 Å². The first-order valence-corrected chi connectivity index (χ1v) is 6.20. The van der Waals surface area contributed by atoms with Crippen molar-refractivity contribution in [2.45, 2.75) is 10.7 Å². The van der Waals surface area contributed by atoms with Crippen molar-refractivity contribution in [2.75, 3.05) is 18.4 Å². The van der Waals surface area contributed by atoms with Crippen molar-refractivity contribution >= 4 is 29.3 Å². The molecule has 2 amide bonds. The van der Waals surface area contributed by atoms with Crippen molar-refractivity contribution in [2.24, 2.45) is 5.73 Å². The highest BCUT2D eigenvalue weighted by Crippen LogP contribution is 2.26. The Morgan fingerprint density at radius 2 is 2.05 bits per heavy atom. The summed E-state index contributed by atoms with van der Waals surface area (Å²) in [5, 5.41) is 4.78. The highest BCUT2D eigenvalue weighted by Gasteiger charge is 2.08. The molecule has 0 heterocycles. The molecule has 0 radical (unpaired) electrons. The van der Waals surface area contributed by atoms with Crippen molar-refractivity contribution in [3.63, 3.8) is 0 Å². The minimum atomic E-state index is -2.52. The van der Waals surface area contributed by atoms with E-state index in [0.29, 0.717) is 22.3 Å². The van der Waals surface area contributed by atoms with E-state index < -0.39 is 17.6 Å². The lowest BCUT2D eigenvalue weighted by Crippen LogP contribution is -2.36.